The maximum absolute atomic E-state index is 12.3. The third-order valence-electron chi connectivity index (χ3n) is 5.85. The number of hydrogen-bond donors (Lipinski definition) is 3. The average Bonchev–Trinajstić information content (AvgIpc) is 3.52. The first-order valence-electron chi connectivity index (χ1n) is 11.8. The molecule has 0 aliphatic carbocycles. The molecule has 3 aromatic rings. The van der Waals surface area contributed by atoms with E-state index in [-0.39, 0.29) is 12.4 Å². The monoisotopic (exact) mass is 527 g/mol. The predicted molar refractivity (Wildman–Crippen MR) is 141 cm³/mol. The molecule has 3 heterocycles. The number of hydrogen-bond acceptors (Lipinski definition) is 9. The van der Waals surface area contributed by atoms with Crippen molar-refractivity contribution < 1.29 is 29.1 Å². The van der Waals surface area contributed by atoms with Crippen molar-refractivity contribution in [1.82, 2.24) is 14.4 Å². The van der Waals surface area contributed by atoms with Gasteiger partial charge in [0, 0.05) is 49.3 Å². The molecule has 37 heavy (non-hydrogen) atoms. The van der Waals surface area contributed by atoms with Gasteiger partial charge in [0.1, 0.15) is 33.4 Å². The minimum absolute atomic E-state index is 0.173. The van der Waals surface area contributed by atoms with E-state index in [1.165, 1.54) is 39.3 Å². The number of aryl methyl sites for hydroxylation is 1. The van der Waals surface area contributed by atoms with Crippen LogP contribution < -0.4 is 14.8 Å². The second-order valence-corrected chi connectivity index (χ2v) is 10.9. The molecule has 1 aromatic carbocycles. The highest BCUT2D eigenvalue weighted by atomic mass is 32.3. The molecule has 2 aromatic heterocycles. The fraction of sp³-hybridized carbons (Fsp3) is 0.280. The first-order chi connectivity index (χ1) is 17.9. The van der Waals surface area contributed by atoms with Crippen molar-refractivity contribution in [3.05, 3.63) is 66.8 Å². The molecular formula is C25H29N5O6S. The van der Waals surface area contributed by atoms with Crippen LogP contribution in [0.2, 0.25) is 0 Å². The summed E-state index contributed by atoms with van der Waals surface area (Å²) < 4.78 is 13.7. The summed E-state index contributed by atoms with van der Waals surface area (Å²) in [5.41, 5.74) is 7.82. The number of pyridine rings is 1. The molecule has 0 saturated carbocycles. The lowest BCUT2D eigenvalue weighted by atomic mass is 10.1. The molecule has 1 aliphatic rings. The summed E-state index contributed by atoms with van der Waals surface area (Å²) in [6.45, 7) is 2.76. The Morgan fingerprint density at radius 2 is 1.81 bits per heavy atom. The summed E-state index contributed by atoms with van der Waals surface area (Å²) in [7, 11) is -3.45. The van der Waals surface area contributed by atoms with Crippen LogP contribution in [0.25, 0.3) is 11.3 Å². The molecule has 12 heteroatoms. The summed E-state index contributed by atoms with van der Waals surface area (Å²) in [5, 5.41) is 21.3. The van der Waals surface area contributed by atoms with Gasteiger partial charge in [-0.2, -0.15) is 0 Å². The van der Waals surface area contributed by atoms with Crippen molar-refractivity contribution in [1.29, 1.82) is 0 Å². The lowest BCUT2D eigenvalue weighted by Crippen LogP contribution is -2.39. The van der Waals surface area contributed by atoms with Crippen LogP contribution in [0.5, 0.6) is 5.75 Å². The van der Waals surface area contributed by atoms with Gasteiger partial charge >= 0.3 is 10.6 Å². The second kappa shape index (κ2) is 11.2. The number of aromatic nitrogens is 2. The summed E-state index contributed by atoms with van der Waals surface area (Å²) in [4.78, 5) is 28.5. The molecule has 4 N–H and O–H groups in total. The van der Waals surface area contributed by atoms with Crippen LogP contribution in [0, 0.1) is 0 Å². The topological polar surface area (TPSA) is 155 Å². The van der Waals surface area contributed by atoms with E-state index in [0.717, 1.165) is 42.0 Å². The highest BCUT2D eigenvalue weighted by Gasteiger charge is 2.53. The molecule has 0 unspecified atom stereocenters. The zero-order valence-electron chi connectivity index (χ0n) is 20.3. The van der Waals surface area contributed by atoms with Crippen LogP contribution in [0.1, 0.15) is 31.9 Å². The molecule has 11 nitrogen and oxygen atoms in total. The van der Waals surface area contributed by atoms with Gasteiger partial charge in [0.15, 0.2) is 0 Å². The number of nitrogens with zero attached hydrogens (tertiary/aromatic N) is 4. The predicted octanol–water partition coefficient (Wildman–Crippen LogP) is 5.71. The van der Waals surface area contributed by atoms with Crippen LogP contribution in [-0.4, -0.2) is 48.4 Å². The smallest absolute Gasteiger partial charge is 0.393 e. The molecular weight excluding hydrogens is 498 g/mol. The lowest BCUT2D eigenvalue weighted by Gasteiger charge is -2.42. The van der Waals surface area contributed by atoms with Crippen LogP contribution in [0.4, 0.5) is 21.1 Å². The Morgan fingerprint density at radius 3 is 2.46 bits per heavy atom. The standard InChI is InChI=1S/C25H29N5O6S/c1-2-20-17-22(28-36-20)18-6-8-21(9-7-18)35-15-5-3-4-12-29-13-14-30(19-10-11-27-23(26)16-19)37(29,24(31)32)25(33)34/h6-11,13-14,16-17H,2-5,12,15H2,1H3,(H2,26,27)(H,31,32)(H,33,34). The van der Waals surface area contributed by atoms with Gasteiger partial charge in [0.2, 0.25) is 0 Å². The number of unbranched alkanes of at least 4 members (excludes halogenated alkanes) is 2. The highest BCUT2D eigenvalue weighted by molar-refractivity contribution is 8.54. The van der Waals surface area contributed by atoms with E-state index in [9.17, 15) is 19.8 Å². The van der Waals surface area contributed by atoms with Gasteiger partial charge in [-0.3, -0.25) is 4.31 Å². The maximum Gasteiger partial charge on any atom is 0.393 e. The Hall–Kier alpha value is -4.19. The van der Waals surface area contributed by atoms with Gasteiger partial charge in [0.25, 0.3) is 0 Å². The molecule has 0 atom stereocenters. The van der Waals surface area contributed by atoms with Gasteiger partial charge in [-0.05, 0) is 49.6 Å². The first-order valence-corrected chi connectivity index (χ1v) is 13.3. The number of benzene rings is 1. The molecule has 0 saturated heterocycles. The molecule has 0 bridgehead atoms. The molecule has 196 valence electrons. The Morgan fingerprint density at radius 1 is 1.05 bits per heavy atom. The van der Waals surface area contributed by atoms with Gasteiger partial charge in [-0.25, -0.2) is 14.6 Å². The zero-order valence-corrected chi connectivity index (χ0v) is 21.1. The van der Waals surface area contributed by atoms with E-state index in [0.29, 0.717) is 18.7 Å². The zero-order chi connectivity index (χ0) is 26.4. The van der Waals surface area contributed by atoms with Crippen molar-refractivity contribution >= 4 is 32.5 Å². The van der Waals surface area contributed by atoms with Gasteiger partial charge in [-0.1, -0.05) is 12.1 Å². The molecule has 0 radical (unpaired) electrons. The Labute approximate surface area is 215 Å². The Balaban J connectivity index is 1.29. The van der Waals surface area contributed by atoms with Crippen LogP contribution >= 0.6 is 10.4 Å². The fourth-order valence-electron chi connectivity index (χ4n) is 3.96. The summed E-state index contributed by atoms with van der Waals surface area (Å²) in [6, 6.07) is 12.5. The van der Waals surface area contributed by atoms with E-state index in [2.05, 4.69) is 10.1 Å². The number of carbonyl (C=O) groups is 2. The first kappa shape index (κ1) is 25.9. The van der Waals surface area contributed by atoms with Crippen LogP contribution in [0.15, 0.2) is 65.6 Å². The van der Waals surface area contributed by atoms with Gasteiger partial charge in [-0.15, -0.1) is 0 Å². The van der Waals surface area contributed by atoms with E-state index < -0.39 is 21.0 Å². The Bertz CT molecular complexity index is 1260. The molecule has 0 fully saturated rings. The largest absolute Gasteiger partial charge is 0.494 e. The normalized spacial score (nSPS) is 15.1. The summed E-state index contributed by atoms with van der Waals surface area (Å²) in [6.07, 6.45) is 7.26. The number of ether oxygens (including phenoxy) is 1. The number of carboxylic acid groups (broad SMARTS) is 2. The van der Waals surface area contributed by atoms with Crippen molar-refractivity contribution in [3.8, 4) is 17.0 Å². The van der Waals surface area contributed by atoms with Gasteiger partial charge in [0.05, 0.1) is 12.3 Å². The van der Waals surface area contributed by atoms with Crippen molar-refractivity contribution in [2.75, 3.05) is 23.2 Å². The van der Waals surface area contributed by atoms with E-state index in [4.69, 9.17) is 15.0 Å². The SMILES string of the molecule is CCc1cc(-c2ccc(OCCCCCN3C=CN(c4ccnc(N)c4)S3(C(=O)O)C(=O)O)cc2)no1. The number of anilines is 2. The molecule has 0 spiro atoms. The van der Waals surface area contributed by atoms with E-state index in [1.54, 1.807) is 0 Å². The summed E-state index contributed by atoms with van der Waals surface area (Å²) >= 11 is 0. The van der Waals surface area contributed by atoms with Gasteiger partial charge < -0.3 is 29.5 Å². The molecule has 1 aliphatic heterocycles. The van der Waals surface area contributed by atoms with Crippen LogP contribution in [0.3, 0.4) is 0 Å². The average molecular weight is 528 g/mol. The van der Waals surface area contributed by atoms with Crippen LogP contribution in [-0.2, 0) is 6.42 Å². The van der Waals surface area contributed by atoms with E-state index >= 15 is 0 Å². The maximum atomic E-state index is 12.3. The Kier molecular flexibility index (Phi) is 7.87. The number of nitrogen functional groups attached to an aromatic ring is 1. The summed E-state index contributed by atoms with van der Waals surface area (Å²) in [5.74, 6) is 1.74. The lowest BCUT2D eigenvalue weighted by molar-refractivity contribution is 0.213. The van der Waals surface area contributed by atoms with Crippen molar-refractivity contribution in [3.63, 3.8) is 0 Å². The minimum Gasteiger partial charge on any atom is -0.494 e. The number of rotatable bonds is 10. The third kappa shape index (κ3) is 5.33. The number of nitrogens with two attached hydrogens (primary N) is 1. The third-order valence-corrected chi connectivity index (χ3v) is 8.71. The van der Waals surface area contributed by atoms with Crippen molar-refractivity contribution in [2.45, 2.75) is 32.6 Å². The fourth-order valence-corrected chi connectivity index (χ4v) is 6.35. The molecule has 0 amide bonds. The quantitative estimate of drug-likeness (QED) is 0.277. The second-order valence-electron chi connectivity index (χ2n) is 8.25. The highest BCUT2D eigenvalue weighted by Crippen LogP contribution is 2.61. The van der Waals surface area contributed by atoms with E-state index in [1.807, 2.05) is 37.3 Å². The van der Waals surface area contributed by atoms with Crippen molar-refractivity contribution in [2.24, 2.45) is 0 Å². The minimum atomic E-state index is -3.45. The molecule has 4 rings (SSSR count).